The molecule has 1 aromatic rings. The first kappa shape index (κ1) is 19.9. The van der Waals surface area contributed by atoms with E-state index in [1.54, 1.807) is 4.68 Å². The summed E-state index contributed by atoms with van der Waals surface area (Å²) in [6.07, 6.45) is 8.21. The molecule has 4 rings (SSSR count). The summed E-state index contributed by atoms with van der Waals surface area (Å²) < 4.78 is 7.33. The van der Waals surface area contributed by atoms with E-state index in [1.165, 1.54) is 0 Å². The monoisotopic (exact) mass is 389 g/mol. The zero-order chi connectivity index (χ0) is 19.6. The number of carbonyl (C=O) groups is 1. The SMILES string of the molecule is CCN1CC[C@@H]2CC(N3CCOCC3)CC[C@@]2(C(=O)NCc2cnn(C)c2)C1. The molecule has 7 nitrogen and oxygen atoms in total. The number of nitrogens with one attached hydrogen (secondary N) is 1. The molecule has 1 aromatic heterocycles. The van der Waals surface area contributed by atoms with E-state index in [2.05, 4.69) is 27.1 Å². The van der Waals surface area contributed by atoms with E-state index in [0.29, 0.717) is 18.5 Å². The van der Waals surface area contributed by atoms with Crippen molar-refractivity contribution in [2.75, 3.05) is 45.9 Å². The second kappa shape index (κ2) is 8.51. The Balaban J connectivity index is 1.46. The minimum Gasteiger partial charge on any atom is -0.379 e. The van der Waals surface area contributed by atoms with Gasteiger partial charge in [-0.1, -0.05) is 6.92 Å². The lowest BCUT2D eigenvalue weighted by atomic mass is 9.61. The quantitative estimate of drug-likeness (QED) is 0.821. The molecule has 3 atom stereocenters. The summed E-state index contributed by atoms with van der Waals surface area (Å²) in [6.45, 7) is 9.61. The van der Waals surface area contributed by atoms with Crippen LogP contribution in [0.2, 0.25) is 0 Å². The molecular weight excluding hydrogens is 354 g/mol. The highest BCUT2D eigenvalue weighted by Crippen LogP contribution is 2.47. The van der Waals surface area contributed by atoms with Gasteiger partial charge in [0.2, 0.25) is 5.91 Å². The first-order chi connectivity index (χ1) is 13.6. The van der Waals surface area contributed by atoms with Gasteiger partial charge in [0, 0.05) is 51.0 Å². The smallest absolute Gasteiger partial charge is 0.228 e. The molecule has 3 heterocycles. The van der Waals surface area contributed by atoms with E-state index in [0.717, 1.165) is 77.2 Å². The highest BCUT2D eigenvalue weighted by molar-refractivity contribution is 5.83. The van der Waals surface area contributed by atoms with E-state index in [9.17, 15) is 4.79 Å². The van der Waals surface area contributed by atoms with Gasteiger partial charge in [-0.25, -0.2) is 0 Å². The zero-order valence-electron chi connectivity index (χ0n) is 17.4. The second-order valence-corrected chi connectivity index (χ2v) is 8.79. The number of hydrogen-bond donors (Lipinski definition) is 1. The van der Waals surface area contributed by atoms with Gasteiger partial charge in [-0.3, -0.25) is 14.4 Å². The fourth-order valence-electron chi connectivity index (χ4n) is 5.56. The van der Waals surface area contributed by atoms with Gasteiger partial charge in [0.15, 0.2) is 0 Å². The molecule has 28 heavy (non-hydrogen) atoms. The Labute approximate surface area is 168 Å². The number of carbonyl (C=O) groups excluding carboxylic acids is 1. The van der Waals surface area contributed by atoms with E-state index >= 15 is 0 Å². The maximum absolute atomic E-state index is 13.5. The lowest BCUT2D eigenvalue weighted by Crippen LogP contribution is -2.60. The average molecular weight is 390 g/mol. The summed E-state index contributed by atoms with van der Waals surface area (Å²) >= 11 is 0. The Bertz CT molecular complexity index is 672. The molecular formula is C21H35N5O2. The summed E-state index contributed by atoms with van der Waals surface area (Å²) in [7, 11) is 1.91. The van der Waals surface area contributed by atoms with Crippen molar-refractivity contribution in [1.82, 2.24) is 24.9 Å². The average Bonchev–Trinajstić information content (AvgIpc) is 3.16. The Hall–Kier alpha value is -1.44. The van der Waals surface area contributed by atoms with Gasteiger partial charge < -0.3 is 15.0 Å². The van der Waals surface area contributed by atoms with Crippen molar-refractivity contribution in [2.45, 2.75) is 45.2 Å². The molecule has 3 aliphatic rings. The Morgan fingerprint density at radius 1 is 1.32 bits per heavy atom. The predicted molar refractivity (Wildman–Crippen MR) is 108 cm³/mol. The van der Waals surface area contributed by atoms with Crippen LogP contribution in [-0.4, -0.2) is 77.5 Å². The second-order valence-electron chi connectivity index (χ2n) is 8.79. The number of fused-ring (bicyclic) bond motifs is 1. The minimum atomic E-state index is -0.237. The van der Waals surface area contributed by atoms with Crippen molar-refractivity contribution < 1.29 is 9.53 Å². The fourth-order valence-corrected chi connectivity index (χ4v) is 5.56. The van der Waals surface area contributed by atoms with Crippen molar-refractivity contribution in [3.05, 3.63) is 18.0 Å². The van der Waals surface area contributed by atoms with Crippen molar-refractivity contribution in [1.29, 1.82) is 0 Å². The van der Waals surface area contributed by atoms with Crippen LogP contribution < -0.4 is 5.32 Å². The molecule has 0 spiro atoms. The van der Waals surface area contributed by atoms with Crippen LogP contribution >= 0.6 is 0 Å². The van der Waals surface area contributed by atoms with Gasteiger partial charge in [0.05, 0.1) is 24.8 Å². The Kier molecular flexibility index (Phi) is 6.04. The van der Waals surface area contributed by atoms with Gasteiger partial charge in [-0.2, -0.15) is 5.10 Å². The topological polar surface area (TPSA) is 62.6 Å². The van der Waals surface area contributed by atoms with Gasteiger partial charge in [0.1, 0.15) is 0 Å². The van der Waals surface area contributed by atoms with Crippen LogP contribution in [0.25, 0.3) is 0 Å². The summed E-state index contributed by atoms with van der Waals surface area (Å²) in [5.41, 5.74) is 0.827. The van der Waals surface area contributed by atoms with E-state index in [-0.39, 0.29) is 11.3 Å². The third kappa shape index (κ3) is 3.98. The van der Waals surface area contributed by atoms with Crippen molar-refractivity contribution in [3.63, 3.8) is 0 Å². The molecule has 1 unspecified atom stereocenters. The number of nitrogens with zero attached hydrogens (tertiary/aromatic N) is 4. The summed E-state index contributed by atoms with van der Waals surface area (Å²) in [4.78, 5) is 18.6. The van der Waals surface area contributed by atoms with Gasteiger partial charge in [-0.05, 0) is 44.7 Å². The van der Waals surface area contributed by atoms with E-state index < -0.39 is 0 Å². The molecule has 7 heteroatoms. The predicted octanol–water partition coefficient (Wildman–Crippen LogP) is 1.25. The van der Waals surface area contributed by atoms with E-state index in [1.807, 2.05) is 19.4 Å². The molecule has 1 aliphatic carbocycles. The zero-order valence-corrected chi connectivity index (χ0v) is 17.4. The lowest BCUT2D eigenvalue weighted by Gasteiger charge is -2.53. The van der Waals surface area contributed by atoms with Crippen LogP contribution in [0.1, 0.15) is 38.2 Å². The fraction of sp³-hybridized carbons (Fsp3) is 0.810. The van der Waals surface area contributed by atoms with Gasteiger partial charge in [-0.15, -0.1) is 0 Å². The van der Waals surface area contributed by atoms with Crippen LogP contribution in [0.5, 0.6) is 0 Å². The number of amides is 1. The van der Waals surface area contributed by atoms with Crippen LogP contribution in [-0.2, 0) is 23.1 Å². The van der Waals surface area contributed by atoms with Gasteiger partial charge in [0.25, 0.3) is 0 Å². The Morgan fingerprint density at radius 2 is 2.14 bits per heavy atom. The largest absolute Gasteiger partial charge is 0.379 e. The number of rotatable bonds is 5. The summed E-state index contributed by atoms with van der Waals surface area (Å²) in [5, 5.41) is 7.47. The Morgan fingerprint density at radius 3 is 2.86 bits per heavy atom. The molecule has 0 bridgehead atoms. The number of aromatic nitrogens is 2. The summed E-state index contributed by atoms with van der Waals surface area (Å²) in [5.74, 6) is 0.728. The van der Waals surface area contributed by atoms with Gasteiger partial charge >= 0.3 is 0 Å². The maximum atomic E-state index is 13.5. The highest BCUT2D eigenvalue weighted by Gasteiger charge is 2.52. The molecule has 0 aromatic carbocycles. The molecule has 156 valence electrons. The third-order valence-corrected chi connectivity index (χ3v) is 7.23. The van der Waals surface area contributed by atoms with E-state index in [4.69, 9.17) is 4.74 Å². The maximum Gasteiger partial charge on any atom is 0.228 e. The molecule has 2 aliphatic heterocycles. The summed E-state index contributed by atoms with van der Waals surface area (Å²) in [6, 6.07) is 0.612. The molecule has 3 fully saturated rings. The molecule has 1 saturated carbocycles. The van der Waals surface area contributed by atoms with Crippen molar-refractivity contribution >= 4 is 5.91 Å². The third-order valence-electron chi connectivity index (χ3n) is 7.23. The number of piperidine rings is 1. The number of aryl methyl sites for hydroxylation is 1. The first-order valence-corrected chi connectivity index (χ1v) is 10.9. The minimum absolute atomic E-state index is 0.237. The number of ether oxygens (including phenoxy) is 1. The van der Waals surface area contributed by atoms with Crippen LogP contribution in [0.3, 0.4) is 0 Å². The van der Waals surface area contributed by atoms with Crippen LogP contribution in [0.15, 0.2) is 12.4 Å². The highest BCUT2D eigenvalue weighted by atomic mass is 16.5. The standard InChI is InChI=1S/C21H35N5O2/c1-3-25-7-5-18-12-19(26-8-10-28-11-9-26)4-6-21(18,16-25)20(27)22-13-17-14-23-24(2)15-17/h14-15,18-19H,3-13,16H2,1-2H3,(H,22,27)/t18-,19?,21-/m1/s1. The van der Waals surface area contributed by atoms with Crippen molar-refractivity contribution in [3.8, 4) is 0 Å². The molecule has 2 saturated heterocycles. The number of likely N-dealkylation sites (tertiary alicyclic amines) is 1. The molecule has 1 amide bonds. The molecule has 1 N–H and O–H groups in total. The number of hydrogen-bond acceptors (Lipinski definition) is 5. The first-order valence-electron chi connectivity index (χ1n) is 10.9. The van der Waals surface area contributed by atoms with Crippen molar-refractivity contribution in [2.24, 2.45) is 18.4 Å². The normalized spacial score (nSPS) is 32.1. The lowest BCUT2D eigenvalue weighted by molar-refractivity contribution is -0.145. The van der Waals surface area contributed by atoms with Crippen LogP contribution in [0, 0.1) is 11.3 Å². The van der Waals surface area contributed by atoms with Crippen LogP contribution in [0.4, 0.5) is 0 Å². The number of morpholine rings is 1. The molecule has 0 radical (unpaired) electrons.